The van der Waals surface area contributed by atoms with Crippen LogP contribution in [0.1, 0.15) is 30.0 Å². The number of fused-ring (bicyclic) bond motifs is 1. The Bertz CT molecular complexity index is 1050. The first-order valence-electron chi connectivity index (χ1n) is 11.2. The normalized spacial score (nSPS) is 14.2. The summed E-state index contributed by atoms with van der Waals surface area (Å²) in [6.45, 7) is 9.42. The molecule has 0 atom stereocenters. The van der Waals surface area contributed by atoms with Gasteiger partial charge in [0, 0.05) is 31.6 Å². The van der Waals surface area contributed by atoms with E-state index in [4.69, 9.17) is 9.72 Å². The van der Waals surface area contributed by atoms with Gasteiger partial charge in [-0.25, -0.2) is 4.98 Å². The Kier molecular flexibility index (Phi) is 6.40. The van der Waals surface area contributed by atoms with Gasteiger partial charge in [-0.3, -0.25) is 4.79 Å². The topological polar surface area (TPSA) is 45.7 Å². The van der Waals surface area contributed by atoms with Gasteiger partial charge in [-0.15, -0.1) is 0 Å². The van der Waals surface area contributed by atoms with Crippen LogP contribution in [0.2, 0.25) is 0 Å². The molecular weight excluding hydrogens is 386 g/mol. The molecule has 1 saturated heterocycles. The lowest BCUT2D eigenvalue weighted by atomic mass is 10.1. The van der Waals surface area contributed by atoms with Crippen molar-refractivity contribution in [2.24, 2.45) is 0 Å². The number of anilines is 1. The second-order valence-electron chi connectivity index (χ2n) is 8.32. The predicted molar refractivity (Wildman–Crippen MR) is 126 cm³/mol. The lowest BCUT2D eigenvalue weighted by Crippen LogP contribution is -2.50. The van der Waals surface area contributed by atoms with E-state index in [9.17, 15) is 4.79 Å². The molecule has 2 heterocycles. The van der Waals surface area contributed by atoms with Crippen LogP contribution in [-0.2, 0) is 11.2 Å². The molecule has 0 radical (unpaired) electrons. The number of para-hydroxylation sites is 1. The first kappa shape index (κ1) is 21.2. The van der Waals surface area contributed by atoms with Crippen molar-refractivity contribution in [1.29, 1.82) is 0 Å². The van der Waals surface area contributed by atoms with Crippen LogP contribution >= 0.6 is 0 Å². The van der Waals surface area contributed by atoms with Gasteiger partial charge in [0.2, 0.25) is 0 Å². The number of aryl methyl sites for hydroxylation is 3. The van der Waals surface area contributed by atoms with Gasteiger partial charge in [0.1, 0.15) is 11.6 Å². The fourth-order valence-electron chi connectivity index (χ4n) is 4.17. The van der Waals surface area contributed by atoms with E-state index < -0.39 is 0 Å². The average molecular weight is 418 g/mol. The van der Waals surface area contributed by atoms with Gasteiger partial charge in [0.05, 0.1) is 5.52 Å². The number of hydrogen-bond donors (Lipinski definition) is 0. The second-order valence-corrected chi connectivity index (χ2v) is 8.32. The van der Waals surface area contributed by atoms with Gasteiger partial charge in [0.15, 0.2) is 6.61 Å². The third-order valence-corrected chi connectivity index (χ3v) is 6.02. The summed E-state index contributed by atoms with van der Waals surface area (Å²) in [5.41, 5.74) is 4.79. The number of ether oxygens (including phenoxy) is 1. The first-order valence-corrected chi connectivity index (χ1v) is 11.2. The fraction of sp³-hybridized carbons (Fsp3) is 0.385. The van der Waals surface area contributed by atoms with Gasteiger partial charge in [-0.1, -0.05) is 43.7 Å². The molecule has 0 saturated carbocycles. The van der Waals surface area contributed by atoms with E-state index in [2.05, 4.69) is 62.1 Å². The van der Waals surface area contributed by atoms with E-state index in [1.54, 1.807) is 0 Å². The number of amides is 1. The van der Waals surface area contributed by atoms with Crippen molar-refractivity contribution < 1.29 is 9.53 Å². The highest BCUT2D eigenvalue weighted by Gasteiger charge is 2.23. The van der Waals surface area contributed by atoms with E-state index in [0.717, 1.165) is 43.0 Å². The summed E-state index contributed by atoms with van der Waals surface area (Å²) in [6.07, 6.45) is 2.19. The maximum absolute atomic E-state index is 12.6. The molecule has 0 N–H and O–H groups in total. The highest BCUT2D eigenvalue weighted by Crippen LogP contribution is 2.25. The second kappa shape index (κ2) is 9.38. The number of carbonyl (C=O) groups is 1. The Labute approximate surface area is 184 Å². The highest BCUT2D eigenvalue weighted by atomic mass is 16.5. The van der Waals surface area contributed by atoms with Crippen LogP contribution in [0.25, 0.3) is 10.9 Å². The van der Waals surface area contributed by atoms with Gasteiger partial charge in [-0.2, -0.15) is 0 Å². The van der Waals surface area contributed by atoms with E-state index >= 15 is 0 Å². The molecule has 31 heavy (non-hydrogen) atoms. The zero-order valence-corrected chi connectivity index (χ0v) is 18.7. The van der Waals surface area contributed by atoms with E-state index in [1.807, 2.05) is 17.0 Å². The van der Waals surface area contributed by atoms with E-state index in [-0.39, 0.29) is 12.5 Å². The molecule has 0 unspecified atom stereocenters. The van der Waals surface area contributed by atoms with E-state index in [1.165, 1.54) is 22.1 Å². The third kappa shape index (κ3) is 4.82. The van der Waals surface area contributed by atoms with Crippen molar-refractivity contribution in [3.63, 3.8) is 0 Å². The minimum absolute atomic E-state index is 0.0378. The molecule has 2 aromatic carbocycles. The summed E-state index contributed by atoms with van der Waals surface area (Å²) >= 11 is 0. The number of carbonyl (C=O) groups excluding carboxylic acids is 1. The van der Waals surface area contributed by atoms with Crippen molar-refractivity contribution in [3.8, 4) is 5.75 Å². The number of aromatic nitrogens is 1. The van der Waals surface area contributed by atoms with Crippen LogP contribution in [0.4, 0.5) is 5.82 Å². The van der Waals surface area contributed by atoms with Crippen molar-refractivity contribution in [3.05, 3.63) is 65.2 Å². The Hall–Kier alpha value is -3.08. The van der Waals surface area contributed by atoms with Crippen LogP contribution in [0.15, 0.2) is 48.5 Å². The molecule has 1 amide bonds. The van der Waals surface area contributed by atoms with E-state index in [0.29, 0.717) is 13.1 Å². The molecule has 5 nitrogen and oxygen atoms in total. The molecule has 1 aliphatic rings. The minimum atomic E-state index is 0.0378. The van der Waals surface area contributed by atoms with Crippen molar-refractivity contribution in [2.75, 3.05) is 37.7 Å². The van der Waals surface area contributed by atoms with Crippen LogP contribution in [0.3, 0.4) is 0 Å². The highest BCUT2D eigenvalue weighted by molar-refractivity contribution is 5.86. The summed E-state index contributed by atoms with van der Waals surface area (Å²) in [4.78, 5) is 21.7. The summed E-state index contributed by atoms with van der Waals surface area (Å²) in [6, 6.07) is 16.5. The molecule has 5 heteroatoms. The molecule has 0 spiro atoms. The van der Waals surface area contributed by atoms with Gasteiger partial charge < -0.3 is 14.5 Å². The summed E-state index contributed by atoms with van der Waals surface area (Å²) in [7, 11) is 0. The molecule has 1 aliphatic heterocycles. The summed E-state index contributed by atoms with van der Waals surface area (Å²) in [5, 5.41) is 1.21. The van der Waals surface area contributed by atoms with Gasteiger partial charge in [0.25, 0.3) is 5.91 Å². The van der Waals surface area contributed by atoms with Crippen molar-refractivity contribution in [2.45, 2.75) is 33.6 Å². The zero-order valence-electron chi connectivity index (χ0n) is 18.7. The van der Waals surface area contributed by atoms with Crippen LogP contribution in [0.5, 0.6) is 5.75 Å². The molecule has 0 bridgehead atoms. The number of rotatable bonds is 6. The number of piperazine rings is 1. The van der Waals surface area contributed by atoms with Crippen LogP contribution in [-0.4, -0.2) is 48.6 Å². The Morgan fingerprint density at radius 1 is 1.00 bits per heavy atom. The average Bonchev–Trinajstić information content (AvgIpc) is 2.79. The maximum Gasteiger partial charge on any atom is 0.260 e. The number of hydrogen-bond acceptors (Lipinski definition) is 4. The number of pyridine rings is 1. The number of benzene rings is 2. The lowest BCUT2D eigenvalue weighted by Gasteiger charge is -2.35. The Morgan fingerprint density at radius 2 is 1.74 bits per heavy atom. The molecule has 4 rings (SSSR count). The third-order valence-electron chi connectivity index (χ3n) is 6.02. The summed E-state index contributed by atoms with van der Waals surface area (Å²) in [5.74, 6) is 1.78. The summed E-state index contributed by atoms with van der Waals surface area (Å²) < 4.78 is 5.73. The first-order chi connectivity index (χ1) is 15.0. The molecule has 1 aromatic heterocycles. The Balaban J connectivity index is 1.33. The SMILES string of the molecule is CCCc1ccc(OCC(=O)N2CCN(c3cc(C)c4cccc(C)c4n3)CC2)cc1. The van der Waals surface area contributed by atoms with Crippen molar-refractivity contribution in [1.82, 2.24) is 9.88 Å². The lowest BCUT2D eigenvalue weighted by molar-refractivity contribution is -0.133. The molecule has 3 aromatic rings. The number of nitrogens with zero attached hydrogens (tertiary/aromatic N) is 3. The zero-order chi connectivity index (χ0) is 21.8. The molecular formula is C26H31N3O2. The molecule has 162 valence electrons. The molecule has 1 fully saturated rings. The quantitative estimate of drug-likeness (QED) is 0.591. The maximum atomic E-state index is 12.6. The Morgan fingerprint density at radius 3 is 2.45 bits per heavy atom. The largest absolute Gasteiger partial charge is 0.484 e. The standard InChI is InChI=1S/C26H31N3O2/c1-4-6-21-9-11-22(12-10-21)31-18-25(30)29-15-13-28(14-16-29)24-17-20(3)23-8-5-7-19(2)26(23)27-24/h5,7-12,17H,4,6,13-16,18H2,1-3H3. The predicted octanol–water partition coefficient (Wildman–Crippen LogP) is 4.53. The molecule has 0 aliphatic carbocycles. The monoisotopic (exact) mass is 417 g/mol. The van der Waals surface area contributed by atoms with Gasteiger partial charge in [-0.05, 0) is 55.2 Å². The van der Waals surface area contributed by atoms with Crippen molar-refractivity contribution >= 4 is 22.6 Å². The smallest absolute Gasteiger partial charge is 0.260 e. The van der Waals surface area contributed by atoms with Crippen LogP contribution < -0.4 is 9.64 Å². The fourth-order valence-corrected chi connectivity index (χ4v) is 4.17. The van der Waals surface area contributed by atoms with Gasteiger partial charge >= 0.3 is 0 Å². The minimum Gasteiger partial charge on any atom is -0.484 e. The van der Waals surface area contributed by atoms with Crippen LogP contribution in [0, 0.1) is 13.8 Å².